The molecule has 0 N–H and O–H groups in total. The van der Waals surface area contributed by atoms with Gasteiger partial charge >= 0.3 is 6.61 Å². The lowest BCUT2D eigenvalue weighted by Gasteiger charge is -2.09. The van der Waals surface area contributed by atoms with Gasteiger partial charge in [0.15, 0.2) is 0 Å². The van der Waals surface area contributed by atoms with Crippen molar-refractivity contribution >= 4 is 10.8 Å². The summed E-state index contributed by atoms with van der Waals surface area (Å²) >= 11 is 0. The minimum Gasteiger partial charge on any atom is -0.478 e. The Morgan fingerprint density at radius 3 is 2.55 bits per heavy atom. The molecule has 4 rings (SSSR count). The first-order valence-electron chi connectivity index (χ1n) is 9.69. The molecule has 0 aliphatic carbocycles. The molecule has 0 fully saturated rings. The molecule has 4 aromatic rings. The molecule has 0 aliphatic rings. The highest BCUT2D eigenvalue weighted by Gasteiger charge is 2.08. The summed E-state index contributed by atoms with van der Waals surface area (Å²) in [6.45, 7) is -2.05. The second-order valence-corrected chi connectivity index (χ2v) is 6.75. The predicted octanol–water partition coefficient (Wildman–Crippen LogP) is 4.53. The van der Waals surface area contributed by atoms with Crippen molar-refractivity contribution in [3.8, 4) is 22.8 Å². The van der Waals surface area contributed by atoms with Crippen molar-refractivity contribution in [2.24, 2.45) is 0 Å². The van der Waals surface area contributed by atoms with Crippen LogP contribution in [0.4, 0.5) is 8.78 Å². The van der Waals surface area contributed by atoms with Gasteiger partial charge in [-0.25, -0.2) is 9.67 Å². The summed E-state index contributed by atoms with van der Waals surface area (Å²) in [6.07, 6.45) is 3.90. The van der Waals surface area contributed by atoms with Crippen LogP contribution in [0.5, 0.6) is 11.6 Å². The van der Waals surface area contributed by atoms with Crippen molar-refractivity contribution < 1.29 is 18.3 Å². The maximum atomic E-state index is 12.9. The van der Waals surface area contributed by atoms with Gasteiger partial charge < -0.3 is 9.47 Å². The SMILES string of the molecule is O=c1c2cc(-c3ccc(OC(F)F)cc3)ccc2cnn1CCCOc1ccccn1. The highest BCUT2D eigenvalue weighted by Crippen LogP contribution is 2.25. The lowest BCUT2D eigenvalue weighted by atomic mass is 10.0. The first-order chi connectivity index (χ1) is 15.1. The Morgan fingerprint density at radius 2 is 1.81 bits per heavy atom. The van der Waals surface area contributed by atoms with Crippen molar-refractivity contribution in [3.05, 3.63) is 83.4 Å². The van der Waals surface area contributed by atoms with E-state index in [-0.39, 0.29) is 11.3 Å². The number of hydrogen-bond donors (Lipinski definition) is 0. The highest BCUT2D eigenvalue weighted by atomic mass is 19.3. The minimum atomic E-state index is -2.87. The molecular weight excluding hydrogens is 404 g/mol. The van der Waals surface area contributed by atoms with E-state index in [0.717, 1.165) is 16.5 Å². The summed E-state index contributed by atoms with van der Waals surface area (Å²) in [7, 11) is 0. The Balaban J connectivity index is 1.49. The van der Waals surface area contributed by atoms with E-state index in [2.05, 4.69) is 14.8 Å². The summed E-state index contributed by atoms with van der Waals surface area (Å²) in [6, 6.07) is 17.2. The van der Waals surface area contributed by atoms with Crippen LogP contribution >= 0.6 is 0 Å². The second-order valence-electron chi connectivity index (χ2n) is 6.75. The maximum Gasteiger partial charge on any atom is 0.387 e. The van der Waals surface area contributed by atoms with E-state index < -0.39 is 6.61 Å². The number of halogens is 2. The fourth-order valence-electron chi connectivity index (χ4n) is 3.17. The molecule has 0 aliphatic heterocycles. The second kappa shape index (κ2) is 9.34. The topological polar surface area (TPSA) is 66.2 Å². The Hall–Kier alpha value is -3.81. The van der Waals surface area contributed by atoms with Crippen molar-refractivity contribution in [1.29, 1.82) is 0 Å². The van der Waals surface area contributed by atoms with Gasteiger partial charge in [-0.2, -0.15) is 13.9 Å². The normalized spacial score (nSPS) is 11.1. The van der Waals surface area contributed by atoms with Gasteiger partial charge in [-0.1, -0.05) is 30.3 Å². The zero-order valence-corrected chi connectivity index (χ0v) is 16.4. The molecule has 0 spiro atoms. The number of aromatic nitrogens is 3. The molecule has 0 saturated heterocycles. The average molecular weight is 423 g/mol. The van der Waals surface area contributed by atoms with Crippen LogP contribution in [0.2, 0.25) is 0 Å². The highest BCUT2D eigenvalue weighted by molar-refractivity contribution is 5.86. The molecule has 6 nitrogen and oxygen atoms in total. The standard InChI is InChI=1S/C23H19F2N3O3/c24-23(25)31-19-9-7-16(8-10-19)17-5-6-18-15-27-28(22(29)20(18)14-17)12-3-13-30-21-4-1-2-11-26-21/h1-2,4-11,14-15,23H,3,12-13H2. The van der Waals surface area contributed by atoms with Crippen LogP contribution < -0.4 is 15.0 Å². The molecule has 0 amide bonds. The first kappa shape index (κ1) is 20.5. The van der Waals surface area contributed by atoms with Crippen LogP contribution in [0.25, 0.3) is 21.9 Å². The number of rotatable bonds is 8. The minimum absolute atomic E-state index is 0.0824. The molecule has 0 bridgehead atoms. The maximum absolute atomic E-state index is 12.9. The van der Waals surface area contributed by atoms with Crippen molar-refractivity contribution in [2.45, 2.75) is 19.6 Å². The number of benzene rings is 2. The number of ether oxygens (including phenoxy) is 2. The van der Waals surface area contributed by atoms with E-state index in [1.807, 2.05) is 24.3 Å². The van der Waals surface area contributed by atoms with Crippen LogP contribution in [0, 0.1) is 0 Å². The molecule has 2 heterocycles. The third-order valence-corrected chi connectivity index (χ3v) is 4.67. The monoisotopic (exact) mass is 423 g/mol. The third kappa shape index (κ3) is 5.03. The van der Waals surface area contributed by atoms with Crippen molar-refractivity contribution in [3.63, 3.8) is 0 Å². The largest absolute Gasteiger partial charge is 0.478 e. The van der Waals surface area contributed by atoms with E-state index in [0.29, 0.717) is 30.8 Å². The van der Waals surface area contributed by atoms with Crippen LogP contribution in [0.3, 0.4) is 0 Å². The molecule has 0 atom stereocenters. The quantitative estimate of drug-likeness (QED) is 0.390. The average Bonchev–Trinajstić information content (AvgIpc) is 2.79. The summed E-state index contributed by atoms with van der Waals surface area (Å²) in [4.78, 5) is 17.0. The number of pyridine rings is 1. The Morgan fingerprint density at radius 1 is 1.00 bits per heavy atom. The fraction of sp³-hybridized carbons (Fsp3) is 0.174. The van der Waals surface area contributed by atoms with Crippen LogP contribution in [0.1, 0.15) is 6.42 Å². The number of nitrogens with zero attached hydrogens (tertiary/aromatic N) is 3. The molecular formula is C23H19F2N3O3. The van der Waals surface area contributed by atoms with Gasteiger partial charge in [0, 0.05) is 30.6 Å². The lowest BCUT2D eigenvalue weighted by Crippen LogP contribution is -2.23. The molecule has 158 valence electrons. The van der Waals surface area contributed by atoms with E-state index in [9.17, 15) is 13.6 Å². The Labute approximate surface area is 176 Å². The summed E-state index contributed by atoms with van der Waals surface area (Å²) in [5.74, 6) is 0.620. The van der Waals surface area contributed by atoms with Gasteiger partial charge in [-0.3, -0.25) is 4.79 Å². The van der Waals surface area contributed by atoms with Crippen LogP contribution in [0.15, 0.2) is 77.9 Å². The Bertz CT molecular complexity index is 1210. The number of alkyl halides is 2. The van der Waals surface area contributed by atoms with Crippen LogP contribution in [-0.4, -0.2) is 28.0 Å². The fourth-order valence-corrected chi connectivity index (χ4v) is 3.17. The Kier molecular flexibility index (Phi) is 6.16. The van der Waals surface area contributed by atoms with Gasteiger partial charge in [0.05, 0.1) is 18.2 Å². The third-order valence-electron chi connectivity index (χ3n) is 4.67. The summed E-state index contributed by atoms with van der Waals surface area (Å²) < 4.78 is 36.0. The molecule has 8 heteroatoms. The van der Waals surface area contributed by atoms with Gasteiger partial charge in [-0.15, -0.1) is 0 Å². The predicted molar refractivity (Wildman–Crippen MR) is 112 cm³/mol. The molecule has 31 heavy (non-hydrogen) atoms. The van der Waals surface area contributed by atoms with Crippen LogP contribution in [-0.2, 0) is 6.54 Å². The molecule has 0 saturated carbocycles. The number of aryl methyl sites for hydroxylation is 1. The van der Waals surface area contributed by atoms with Gasteiger partial charge in [0.25, 0.3) is 5.56 Å². The van der Waals surface area contributed by atoms with Gasteiger partial charge in [-0.05, 0) is 35.4 Å². The number of fused-ring (bicyclic) bond motifs is 1. The molecule has 2 aromatic carbocycles. The van der Waals surface area contributed by atoms with Crippen molar-refractivity contribution in [2.75, 3.05) is 6.61 Å². The zero-order valence-electron chi connectivity index (χ0n) is 16.4. The molecule has 0 radical (unpaired) electrons. The van der Waals surface area contributed by atoms with Gasteiger partial charge in [0.1, 0.15) is 5.75 Å². The number of hydrogen-bond acceptors (Lipinski definition) is 5. The van der Waals surface area contributed by atoms with Crippen molar-refractivity contribution in [1.82, 2.24) is 14.8 Å². The van der Waals surface area contributed by atoms with E-state index in [4.69, 9.17) is 4.74 Å². The summed E-state index contributed by atoms with van der Waals surface area (Å²) in [5.41, 5.74) is 1.38. The summed E-state index contributed by atoms with van der Waals surface area (Å²) in [5, 5.41) is 5.50. The van der Waals surface area contributed by atoms with Gasteiger partial charge in [0.2, 0.25) is 5.88 Å². The lowest BCUT2D eigenvalue weighted by molar-refractivity contribution is -0.0498. The van der Waals surface area contributed by atoms with E-state index in [1.54, 1.807) is 36.7 Å². The molecule has 0 unspecified atom stereocenters. The van der Waals surface area contributed by atoms with E-state index in [1.165, 1.54) is 16.8 Å². The zero-order chi connectivity index (χ0) is 21.6. The first-order valence-corrected chi connectivity index (χ1v) is 9.69. The molecule has 2 aromatic heterocycles. The van der Waals surface area contributed by atoms with E-state index >= 15 is 0 Å². The smallest absolute Gasteiger partial charge is 0.387 e.